The van der Waals surface area contributed by atoms with Crippen molar-refractivity contribution in [3.8, 4) is 11.5 Å². The van der Waals surface area contributed by atoms with E-state index < -0.39 is 0 Å². The zero-order valence-electron chi connectivity index (χ0n) is 11.8. The van der Waals surface area contributed by atoms with Gasteiger partial charge in [-0.1, -0.05) is 36.4 Å². The van der Waals surface area contributed by atoms with Gasteiger partial charge in [0.1, 0.15) is 11.5 Å². The number of carbonyl (C=O) groups is 1. The summed E-state index contributed by atoms with van der Waals surface area (Å²) in [5, 5.41) is 0. The third kappa shape index (κ3) is 3.73. The molecule has 0 radical (unpaired) electrons. The van der Waals surface area contributed by atoms with E-state index in [9.17, 15) is 4.79 Å². The first-order valence-electron chi connectivity index (χ1n) is 6.34. The van der Waals surface area contributed by atoms with Crippen LogP contribution in [0.2, 0.25) is 0 Å². The smallest absolute Gasteiger partial charge is 0.189 e. The predicted octanol–water partition coefficient (Wildman–Crippen LogP) is 4.36. The van der Waals surface area contributed by atoms with Crippen LogP contribution in [0.5, 0.6) is 11.5 Å². The Morgan fingerprint density at radius 1 is 1.05 bits per heavy atom. The highest BCUT2D eigenvalue weighted by Crippen LogP contribution is 2.33. The second-order valence-corrected chi connectivity index (χ2v) is 5.15. The van der Waals surface area contributed by atoms with Gasteiger partial charge in [0, 0.05) is 6.07 Å². The molecule has 0 unspecified atom stereocenters. The molecule has 0 N–H and O–H groups in total. The fourth-order valence-corrected chi connectivity index (χ4v) is 2.38. The van der Waals surface area contributed by atoms with E-state index in [0.29, 0.717) is 21.5 Å². The summed E-state index contributed by atoms with van der Waals surface area (Å²) in [6, 6.07) is 13.0. The summed E-state index contributed by atoms with van der Waals surface area (Å²) >= 11 is 3.38. The monoisotopic (exact) mass is 346 g/mol. The molecule has 108 valence electrons. The standard InChI is InChI=1S/C17H15BrO3/c1-20-16-11-17(21-2)14(18)10-13(16)15(19)9-8-12-6-4-3-5-7-12/h3-11H,1-2H3. The molecule has 2 aromatic rings. The van der Waals surface area contributed by atoms with Gasteiger partial charge < -0.3 is 9.47 Å². The molecule has 0 atom stereocenters. The number of allylic oxidation sites excluding steroid dienone is 1. The maximum atomic E-state index is 12.3. The van der Waals surface area contributed by atoms with Crippen LogP contribution in [-0.2, 0) is 0 Å². The Kier molecular flexibility index (Phi) is 5.17. The van der Waals surface area contributed by atoms with Crippen LogP contribution in [-0.4, -0.2) is 20.0 Å². The lowest BCUT2D eigenvalue weighted by Gasteiger charge is -2.10. The quantitative estimate of drug-likeness (QED) is 0.595. The van der Waals surface area contributed by atoms with Crippen molar-refractivity contribution in [2.75, 3.05) is 14.2 Å². The van der Waals surface area contributed by atoms with Gasteiger partial charge in [-0.05, 0) is 33.6 Å². The molecule has 0 aliphatic carbocycles. The van der Waals surface area contributed by atoms with E-state index >= 15 is 0 Å². The molecule has 4 heteroatoms. The van der Waals surface area contributed by atoms with Crippen LogP contribution in [0.4, 0.5) is 0 Å². The minimum absolute atomic E-state index is 0.126. The second-order valence-electron chi connectivity index (χ2n) is 4.30. The number of ketones is 1. The summed E-state index contributed by atoms with van der Waals surface area (Å²) in [4.78, 5) is 12.3. The van der Waals surface area contributed by atoms with Gasteiger partial charge >= 0.3 is 0 Å². The van der Waals surface area contributed by atoms with Gasteiger partial charge in [-0.25, -0.2) is 0 Å². The van der Waals surface area contributed by atoms with E-state index in [1.54, 1.807) is 25.3 Å². The number of rotatable bonds is 5. The minimum atomic E-state index is -0.126. The van der Waals surface area contributed by atoms with E-state index in [1.807, 2.05) is 30.3 Å². The fourth-order valence-electron chi connectivity index (χ4n) is 1.88. The molecule has 0 aliphatic rings. The largest absolute Gasteiger partial charge is 0.496 e. The molecule has 0 saturated carbocycles. The highest BCUT2D eigenvalue weighted by Gasteiger charge is 2.14. The van der Waals surface area contributed by atoms with Crippen molar-refractivity contribution in [1.29, 1.82) is 0 Å². The lowest BCUT2D eigenvalue weighted by atomic mass is 10.1. The average Bonchev–Trinajstić information content (AvgIpc) is 2.53. The minimum Gasteiger partial charge on any atom is -0.496 e. The first-order valence-corrected chi connectivity index (χ1v) is 7.14. The van der Waals surface area contributed by atoms with Crippen LogP contribution in [0.1, 0.15) is 15.9 Å². The summed E-state index contributed by atoms with van der Waals surface area (Å²) in [7, 11) is 3.09. The number of halogens is 1. The Balaban J connectivity index is 2.31. The predicted molar refractivity (Wildman–Crippen MR) is 87.1 cm³/mol. The number of benzene rings is 2. The molecule has 0 fully saturated rings. The zero-order chi connectivity index (χ0) is 15.2. The van der Waals surface area contributed by atoms with Crippen molar-refractivity contribution >= 4 is 27.8 Å². The Morgan fingerprint density at radius 3 is 2.33 bits per heavy atom. The maximum absolute atomic E-state index is 12.3. The summed E-state index contributed by atoms with van der Waals surface area (Å²) in [5.41, 5.74) is 1.45. The Labute approximate surface area is 132 Å². The summed E-state index contributed by atoms with van der Waals surface area (Å²) in [6.07, 6.45) is 3.31. The fraction of sp³-hybridized carbons (Fsp3) is 0.118. The topological polar surface area (TPSA) is 35.5 Å². The molecule has 0 aromatic heterocycles. The third-order valence-corrected chi connectivity index (χ3v) is 3.59. The second kappa shape index (κ2) is 7.09. The number of methoxy groups -OCH3 is 2. The van der Waals surface area contributed by atoms with Gasteiger partial charge in [-0.15, -0.1) is 0 Å². The van der Waals surface area contributed by atoms with Crippen LogP contribution in [0.3, 0.4) is 0 Å². The molecule has 0 aliphatic heterocycles. The zero-order valence-corrected chi connectivity index (χ0v) is 13.4. The van der Waals surface area contributed by atoms with Crippen molar-refractivity contribution in [2.45, 2.75) is 0 Å². The van der Waals surface area contributed by atoms with Crippen LogP contribution < -0.4 is 9.47 Å². The van der Waals surface area contributed by atoms with Crippen molar-refractivity contribution < 1.29 is 14.3 Å². The Bertz CT molecular complexity index is 663. The first kappa shape index (κ1) is 15.3. The summed E-state index contributed by atoms with van der Waals surface area (Å²) < 4.78 is 11.2. The molecule has 0 saturated heterocycles. The van der Waals surface area contributed by atoms with E-state index in [-0.39, 0.29) is 5.78 Å². The molecule has 0 bridgehead atoms. The molecule has 2 aromatic carbocycles. The van der Waals surface area contributed by atoms with Crippen molar-refractivity contribution in [2.24, 2.45) is 0 Å². The molecular weight excluding hydrogens is 332 g/mol. The molecule has 0 heterocycles. The van der Waals surface area contributed by atoms with Gasteiger partial charge in [-0.2, -0.15) is 0 Å². The van der Waals surface area contributed by atoms with Gasteiger partial charge in [0.25, 0.3) is 0 Å². The maximum Gasteiger partial charge on any atom is 0.189 e. The van der Waals surface area contributed by atoms with E-state index in [0.717, 1.165) is 5.56 Å². The molecule has 0 spiro atoms. The molecule has 21 heavy (non-hydrogen) atoms. The van der Waals surface area contributed by atoms with Crippen molar-refractivity contribution in [3.63, 3.8) is 0 Å². The Hall–Kier alpha value is -2.07. The lowest BCUT2D eigenvalue weighted by Crippen LogP contribution is -2.00. The van der Waals surface area contributed by atoms with Crippen molar-refractivity contribution in [3.05, 3.63) is 64.1 Å². The molecule has 2 rings (SSSR count). The number of carbonyl (C=O) groups excluding carboxylic acids is 1. The molecular formula is C17H15BrO3. The van der Waals surface area contributed by atoms with Crippen LogP contribution in [0.25, 0.3) is 6.08 Å². The first-order chi connectivity index (χ1) is 10.2. The number of hydrogen-bond donors (Lipinski definition) is 0. The lowest BCUT2D eigenvalue weighted by molar-refractivity contribution is 0.104. The van der Waals surface area contributed by atoms with E-state index in [2.05, 4.69) is 15.9 Å². The van der Waals surface area contributed by atoms with E-state index in [4.69, 9.17) is 9.47 Å². The van der Waals surface area contributed by atoms with Crippen LogP contribution in [0, 0.1) is 0 Å². The normalized spacial score (nSPS) is 10.6. The van der Waals surface area contributed by atoms with E-state index in [1.165, 1.54) is 13.2 Å². The van der Waals surface area contributed by atoms with Gasteiger partial charge in [0.05, 0.1) is 24.3 Å². The van der Waals surface area contributed by atoms with Gasteiger partial charge in [0.2, 0.25) is 0 Å². The number of hydrogen-bond acceptors (Lipinski definition) is 3. The highest BCUT2D eigenvalue weighted by atomic mass is 79.9. The van der Waals surface area contributed by atoms with Crippen molar-refractivity contribution in [1.82, 2.24) is 0 Å². The molecule has 3 nitrogen and oxygen atoms in total. The van der Waals surface area contributed by atoms with Crippen LogP contribution >= 0.6 is 15.9 Å². The average molecular weight is 347 g/mol. The van der Waals surface area contributed by atoms with Gasteiger partial charge in [-0.3, -0.25) is 4.79 Å². The number of ether oxygens (including phenoxy) is 2. The highest BCUT2D eigenvalue weighted by molar-refractivity contribution is 9.10. The van der Waals surface area contributed by atoms with Gasteiger partial charge in [0.15, 0.2) is 5.78 Å². The third-order valence-electron chi connectivity index (χ3n) is 2.97. The summed E-state index contributed by atoms with van der Waals surface area (Å²) in [6.45, 7) is 0. The molecule has 0 amide bonds. The SMILES string of the molecule is COc1cc(OC)c(C(=O)C=Cc2ccccc2)cc1Br. The Morgan fingerprint density at radius 2 is 1.71 bits per heavy atom. The summed E-state index contributed by atoms with van der Waals surface area (Å²) in [5.74, 6) is 0.979. The van der Waals surface area contributed by atoms with Crippen LogP contribution in [0.15, 0.2) is 53.0 Å².